The van der Waals surface area contributed by atoms with Crippen LogP contribution < -0.4 is 10.6 Å². The molecule has 0 aromatic carbocycles. The summed E-state index contributed by atoms with van der Waals surface area (Å²) in [6, 6.07) is -2.52. The standard InChI is InChI=1S/C64H120N2O21/c1-4-6-8-10-12-14-16-18-19-20-21-22-23-24-26-28-30-32-34-36-38-51(74)66-45(46(71)37-35-33-31-29-27-25-17-15-13-11-9-7-5-2)43-82-61-56(78)55(77)58(50(42-69)84-61)85-62-57(79)60(54(76)49(41-68)83-62)87-64(63(80)81)39-47(72)52(65-44(3)70)59(86-64)53(75)48(73)40-67/h45-50,52-62,67-69,71-73,75-79H,4-43H2,1-3H3,(H,65,70)(H,66,74)(H,80,81)/t45-,46+,47-,48+,49+,50+,52+,53+,54-,55+,56+,57+,58+,59?,60-,61+,62-,64-/m0/s1. The Labute approximate surface area is 519 Å². The molecule has 3 aliphatic rings. The van der Waals surface area contributed by atoms with Gasteiger partial charge in [-0.25, -0.2) is 4.79 Å². The van der Waals surface area contributed by atoms with Gasteiger partial charge in [-0.3, -0.25) is 9.59 Å². The molecule has 87 heavy (non-hydrogen) atoms. The van der Waals surface area contributed by atoms with Crippen LogP contribution in [0, 0.1) is 0 Å². The molecule has 0 aromatic heterocycles. The van der Waals surface area contributed by atoms with Crippen molar-refractivity contribution in [2.45, 2.75) is 362 Å². The molecular weight excluding hydrogens is 1130 g/mol. The minimum atomic E-state index is -3.08. The summed E-state index contributed by atoms with van der Waals surface area (Å²) in [5, 5.41) is 136. The lowest BCUT2D eigenvalue weighted by Gasteiger charge is -2.50. The second-order valence-electron chi connectivity index (χ2n) is 25.0. The van der Waals surface area contributed by atoms with Gasteiger partial charge in [0.15, 0.2) is 12.6 Å². The molecular formula is C64H120N2O21. The number of ether oxygens (including phenoxy) is 6. The SMILES string of the molecule is CCCCCCCCCCCCCCCCCCCCCCC(=O)N[C@@H](CO[C@@H]1O[C@H](CO)[C@@H](O[C@@H]2O[C@H](CO)[C@H](O)[C@H](O[C@]3(C(=O)O)C[C@H](O)[C@@H](NC(C)=O)C([C@H](O)[C@H](O)CO)O3)[C@H]2O)[C@H](O)[C@H]1O)[C@H](O)CCCCCCCCCCCCCCC. The number of unbranched alkanes of at least 4 members (excludes halogenated alkanes) is 31. The maximum atomic E-state index is 13.4. The molecule has 2 amide bonds. The van der Waals surface area contributed by atoms with Crippen LogP contribution in [0.15, 0.2) is 0 Å². The highest BCUT2D eigenvalue weighted by Crippen LogP contribution is 2.39. The van der Waals surface area contributed by atoms with E-state index in [1.165, 1.54) is 154 Å². The highest BCUT2D eigenvalue weighted by molar-refractivity contribution is 5.77. The average Bonchev–Trinajstić information content (AvgIpc) is 1.16. The third-order valence-corrected chi connectivity index (χ3v) is 17.6. The Bertz CT molecular complexity index is 1780. The van der Waals surface area contributed by atoms with Crippen molar-refractivity contribution >= 4 is 17.8 Å². The van der Waals surface area contributed by atoms with Crippen LogP contribution in [-0.4, -0.2) is 215 Å². The van der Waals surface area contributed by atoms with Gasteiger partial charge >= 0.3 is 5.97 Å². The molecule has 0 saturated carbocycles. The van der Waals surface area contributed by atoms with Gasteiger partial charge in [0, 0.05) is 19.8 Å². The number of amides is 2. The van der Waals surface area contributed by atoms with Crippen LogP contribution in [0.1, 0.15) is 252 Å². The molecule has 0 aromatic rings. The first-order chi connectivity index (χ1) is 41.9. The number of carbonyl (C=O) groups excluding carboxylic acids is 2. The van der Waals surface area contributed by atoms with Gasteiger partial charge in [0.05, 0.1) is 50.7 Å². The lowest BCUT2D eigenvalue weighted by molar-refractivity contribution is -0.386. The molecule has 0 aliphatic carbocycles. The number of hydrogen-bond donors (Lipinski definition) is 14. The zero-order valence-corrected chi connectivity index (χ0v) is 53.1. The number of carboxylic acid groups (broad SMARTS) is 1. The maximum Gasteiger partial charge on any atom is 0.364 e. The van der Waals surface area contributed by atoms with Crippen molar-refractivity contribution in [3.8, 4) is 0 Å². The largest absolute Gasteiger partial charge is 0.477 e. The first-order valence-electron chi connectivity index (χ1n) is 33.9. The van der Waals surface area contributed by atoms with Crippen molar-refractivity contribution in [1.82, 2.24) is 10.6 Å². The molecule has 512 valence electrons. The second kappa shape index (κ2) is 45.9. The lowest BCUT2D eigenvalue weighted by atomic mass is 9.88. The smallest absolute Gasteiger partial charge is 0.364 e. The quantitative estimate of drug-likeness (QED) is 0.0342. The maximum absolute atomic E-state index is 13.4. The van der Waals surface area contributed by atoms with Crippen molar-refractivity contribution in [3.05, 3.63) is 0 Å². The van der Waals surface area contributed by atoms with E-state index < -0.39 is 148 Å². The van der Waals surface area contributed by atoms with Crippen molar-refractivity contribution in [3.63, 3.8) is 0 Å². The highest BCUT2D eigenvalue weighted by atomic mass is 16.8. The number of hydrogen-bond acceptors (Lipinski definition) is 20. The fourth-order valence-electron chi connectivity index (χ4n) is 12.1. The Kier molecular flexibility index (Phi) is 41.7. The topological polar surface area (TPSA) is 373 Å². The van der Waals surface area contributed by atoms with Gasteiger partial charge in [-0.1, -0.05) is 219 Å². The molecule has 1 unspecified atom stereocenters. The number of aliphatic carboxylic acids is 1. The number of rotatable bonds is 51. The zero-order chi connectivity index (χ0) is 64.0. The van der Waals surface area contributed by atoms with Crippen molar-refractivity contribution in [2.24, 2.45) is 0 Å². The molecule has 0 bridgehead atoms. The summed E-state index contributed by atoms with van der Waals surface area (Å²) in [7, 11) is 0. The van der Waals surface area contributed by atoms with Crippen LogP contribution in [0.25, 0.3) is 0 Å². The number of carbonyl (C=O) groups is 3. The molecule has 3 aliphatic heterocycles. The molecule has 23 heteroatoms. The summed E-state index contributed by atoms with van der Waals surface area (Å²) < 4.78 is 34.8. The average molecular weight is 1250 g/mol. The van der Waals surface area contributed by atoms with Crippen molar-refractivity contribution in [1.29, 1.82) is 0 Å². The third kappa shape index (κ3) is 29.1. The summed E-state index contributed by atoms with van der Waals surface area (Å²) in [6.45, 7) is 2.21. The minimum absolute atomic E-state index is 0.229. The fraction of sp³-hybridized carbons (Fsp3) is 0.953. The van der Waals surface area contributed by atoms with E-state index in [1.54, 1.807) is 0 Å². The monoisotopic (exact) mass is 1250 g/mol. The minimum Gasteiger partial charge on any atom is -0.477 e. The predicted octanol–water partition coefficient (Wildman–Crippen LogP) is 5.34. The number of carboxylic acids is 1. The predicted molar refractivity (Wildman–Crippen MR) is 325 cm³/mol. The summed E-state index contributed by atoms with van der Waals surface area (Å²) in [5.74, 6) is -6.09. The fourth-order valence-corrected chi connectivity index (χ4v) is 12.1. The lowest BCUT2D eigenvalue weighted by Crippen LogP contribution is -2.70. The molecule has 0 spiro atoms. The number of nitrogens with one attached hydrogen (secondary N) is 2. The molecule has 23 nitrogen and oxygen atoms in total. The van der Waals surface area contributed by atoms with E-state index in [1.807, 2.05) is 0 Å². The van der Waals surface area contributed by atoms with Crippen LogP contribution >= 0.6 is 0 Å². The number of aliphatic hydroxyl groups excluding tert-OH is 11. The molecule has 0 radical (unpaired) electrons. The summed E-state index contributed by atoms with van der Waals surface area (Å²) in [5.41, 5.74) is 0. The number of aliphatic hydroxyl groups is 11. The summed E-state index contributed by atoms with van der Waals surface area (Å²) in [6.07, 6.45) is 11.1. The van der Waals surface area contributed by atoms with E-state index in [4.69, 9.17) is 28.4 Å². The summed E-state index contributed by atoms with van der Waals surface area (Å²) in [4.78, 5) is 38.5. The first-order valence-corrected chi connectivity index (χ1v) is 33.9. The van der Waals surface area contributed by atoms with E-state index in [-0.39, 0.29) is 18.9 Å². The Morgan fingerprint density at radius 1 is 0.552 bits per heavy atom. The molecule has 3 rings (SSSR count). The summed E-state index contributed by atoms with van der Waals surface area (Å²) >= 11 is 0. The van der Waals surface area contributed by atoms with E-state index in [0.717, 1.165) is 51.9 Å². The van der Waals surface area contributed by atoms with Gasteiger partial charge in [0.2, 0.25) is 11.8 Å². The van der Waals surface area contributed by atoms with Gasteiger partial charge in [-0.2, -0.15) is 0 Å². The van der Waals surface area contributed by atoms with Gasteiger partial charge in [0.25, 0.3) is 5.79 Å². The molecule has 3 heterocycles. The Morgan fingerprint density at radius 2 is 1.00 bits per heavy atom. The van der Waals surface area contributed by atoms with Gasteiger partial charge < -0.3 is 100 Å². The molecule has 3 fully saturated rings. The second-order valence-corrected chi connectivity index (χ2v) is 25.0. The van der Waals surface area contributed by atoms with Gasteiger partial charge in [-0.15, -0.1) is 0 Å². The Morgan fingerprint density at radius 3 is 1.44 bits per heavy atom. The van der Waals surface area contributed by atoms with Gasteiger partial charge in [-0.05, 0) is 12.8 Å². The third-order valence-electron chi connectivity index (χ3n) is 17.6. The molecule has 18 atom stereocenters. The van der Waals surface area contributed by atoms with Crippen LogP contribution in [0.5, 0.6) is 0 Å². The van der Waals surface area contributed by atoms with E-state index in [0.29, 0.717) is 19.3 Å². The van der Waals surface area contributed by atoms with E-state index >= 15 is 0 Å². The first kappa shape index (κ1) is 79.0. The normalized spacial score (nSPS) is 29.1. The zero-order valence-electron chi connectivity index (χ0n) is 53.1. The molecule has 3 saturated heterocycles. The van der Waals surface area contributed by atoms with Crippen LogP contribution in [-0.2, 0) is 42.8 Å². The van der Waals surface area contributed by atoms with Crippen molar-refractivity contribution < 1.29 is 104 Å². The Hall–Kier alpha value is -2.27. The van der Waals surface area contributed by atoms with Gasteiger partial charge in [0.1, 0.15) is 67.1 Å². The molecule has 14 N–H and O–H groups in total. The van der Waals surface area contributed by atoms with E-state index in [2.05, 4.69) is 24.5 Å². The van der Waals surface area contributed by atoms with Crippen molar-refractivity contribution in [2.75, 3.05) is 26.4 Å². The Balaban J connectivity index is 1.59. The van der Waals surface area contributed by atoms with E-state index in [9.17, 15) is 75.7 Å². The van der Waals surface area contributed by atoms with Crippen LogP contribution in [0.4, 0.5) is 0 Å². The van der Waals surface area contributed by atoms with Crippen LogP contribution in [0.2, 0.25) is 0 Å². The van der Waals surface area contributed by atoms with Crippen LogP contribution in [0.3, 0.4) is 0 Å². The highest BCUT2D eigenvalue weighted by Gasteiger charge is 2.60.